The highest BCUT2D eigenvalue weighted by atomic mass is 14.9. The summed E-state index contributed by atoms with van der Waals surface area (Å²) < 4.78 is 0. The van der Waals surface area contributed by atoms with E-state index in [4.69, 9.17) is 0 Å². The van der Waals surface area contributed by atoms with Gasteiger partial charge in [-0.15, -0.1) is 0 Å². The molecular formula is C19H33N. The summed E-state index contributed by atoms with van der Waals surface area (Å²) in [5.74, 6) is 0. The van der Waals surface area contributed by atoms with Gasteiger partial charge in [-0.1, -0.05) is 70.7 Å². The standard InChI is InChI=1S/C19H33N/c1-5-8-9-10-11-16(4)20-19(7-3)18-14-12-17(6-2)13-15-18/h12-16,19-20H,5-11H2,1-4H3. The first kappa shape index (κ1) is 17.2. The van der Waals surface area contributed by atoms with Gasteiger partial charge in [-0.2, -0.15) is 0 Å². The molecule has 2 unspecified atom stereocenters. The molecule has 1 rings (SSSR count). The number of hydrogen-bond donors (Lipinski definition) is 1. The van der Waals surface area contributed by atoms with Crippen LogP contribution in [0.2, 0.25) is 0 Å². The maximum atomic E-state index is 3.80. The zero-order valence-corrected chi connectivity index (χ0v) is 13.9. The van der Waals surface area contributed by atoms with Crippen LogP contribution in [-0.4, -0.2) is 6.04 Å². The first-order valence-corrected chi connectivity index (χ1v) is 8.56. The van der Waals surface area contributed by atoms with E-state index in [1.165, 1.54) is 43.2 Å². The lowest BCUT2D eigenvalue weighted by Crippen LogP contribution is -2.30. The molecule has 114 valence electrons. The summed E-state index contributed by atoms with van der Waals surface area (Å²) in [5.41, 5.74) is 2.86. The molecule has 0 bridgehead atoms. The van der Waals surface area contributed by atoms with Gasteiger partial charge >= 0.3 is 0 Å². The fourth-order valence-corrected chi connectivity index (χ4v) is 2.74. The molecule has 0 saturated carbocycles. The van der Waals surface area contributed by atoms with Crippen LogP contribution < -0.4 is 5.32 Å². The zero-order valence-electron chi connectivity index (χ0n) is 13.9. The second-order valence-corrected chi connectivity index (χ2v) is 5.97. The quantitative estimate of drug-likeness (QED) is 0.544. The van der Waals surface area contributed by atoms with Crippen molar-refractivity contribution in [2.24, 2.45) is 0 Å². The van der Waals surface area contributed by atoms with Crippen molar-refractivity contribution in [2.75, 3.05) is 0 Å². The van der Waals surface area contributed by atoms with E-state index >= 15 is 0 Å². The van der Waals surface area contributed by atoms with E-state index < -0.39 is 0 Å². The van der Waals surface area contributed by atoms with E-state index in [0.29, 0.717) is 12.1 Å². The van der Waals surface area contributed by atoms with E-state index in [0.717, 1.165) is 12.8 Å². The van der Waals surface area contributed by atoms with E-state index in [1.54, 1.807) is 0 Å². The van der Waals surface area contributed by atoms with Crippen molar-refractivity contribution < 1.29 is 0 Å². The Labute approximate surface area is 126 Å². The largest absolute Gasteiger partial charge is 0.307 e. The maximum Gasteiger partial charge on any atom is 0.0319 e. The second-order valence-electron chi connectivity index (χ2n) is 5.97. The molecular weight excluding hydrogens is 242 g/mol. The zero-order chi connectivity index (χ0) is 14.8. The van der Waals surface area contributed by atoms with Gasteiger partial charge in [0.15, 0.2) is 0 Å². The molecule has 0 saturated heterocycles. The average molecular weight is 275 g/mol. The molecule has 0 aromatic heterocycles. The third kappa shape index (κ3) is 6.09. The predicted molar refractivity (Wildman–Crippen MR) is 90.2 cm³/mol. The summed E-state index contributed by atoms with van der Waals surface area (Å²) in [6.07, 6.45) is 9.01. The number of nitrogens with one attached hydrogen (secondary N) is 1. The van der Waals surface area contributed by atoms with Crippen molar-refractivity contribution in [3.05, 3.63) is 35.4 Å². The highest BCUT2D eigenvalue weighted by Crippen LogP contribution is 2.19. The van der Waals surface area contributed by atoms with Crippen LogP contribution in [0, 0.1) is 0 Å². The fraction of sp³-hybridized carbons (Fsp3) is 0.684. The lowest BCUT2D eigenvalue weighted by atomic mass is 10.00. The Bertz CT molecular complexity index is 341. The van der Waals surface area contributed by atoms with Gasteiger partial charge in [0.05, 0.1) is 0 Å². The van der Waals surface area contributed by atoms with Crippen LogP contribution in [0.25, 0.3) is 0 Å². The Balaban J connectivity index is 2.44. The predicted octanol–water partition coefficient (Wildman–Crippen LogP) is 5.65. The van der Waals surface area contributed by atoms with Crippen LogP contribution in [0.4, 0.5) is 0 Å². The van der Waals surface area contributed by atoms with E-state index in [9.17, 15) is 0 Å². The average Bonchev–Trinajstić information content (AvgIpc) is 2.49. The van der Waals surface area contributed by atoms with Gasteiger partial charge in [0.1, 0.15) is 0 Å². The van der Waals surface area contributed by atoms with E-state index in [1.807, 2.05) is 0 Å². The van der Waals surface area contributed by atoms with Gasteiger partial charge in [0.25, 0.3) is 0 Å². The smallest absolute Gasteiger partial charge is 0.0319 e. The molecule has 0 aliphatic rings. The monoisotopic (exact) mass is 275 g/mol. The molecule has 2 atom stereocenters. The maximum absolute atomic E-state index is 3.80. The Morgan fingerprint density at radius 2 is 1.65 bits per heavy atom. The first-order valence-electron chi connectivity index (χ1n) is 8.56. The Hall–Kier alpha value is -0.820. The molecule has 0 radical (unpaired) electrons. The molecule has 1 heteroatoms. The second kappa shape index (κ2) is 9.99. The molecule has 1 aromatic rings. The molecule has 1 N–H and O–H groups in total. The number of unbranched alkanes of at least 4 members (excludes halogenated alkanes) is 3. The molecule has 20 heavy (non-hydrogen) atoms. The minimum absolute atomic E-state index is 0.502. The summed E-state index contributed by atoms with van der Waals surface area (Å²) in [7, 11) is 0. The summed E-state index contributed by atoms with van der Waals surface area (Å²) in [6.45, 7) is 9.09. The van der Waals surface area contributed by atoms with E-state index in [2.05, 4.69) is 57.3 Å². The molecule has 1 nitrogen and oxygen atoms in total. The van der Waals surface area contributed by atoms with Crippen molar-refractivity contribution in [1.82, 2.24) is 5.32 Å². The molecule has 0 fully saturated rings. The molecule has 1 aromatic carbocycles. The molecule has 0 heterocycles. The number of aryl methyl sites for hydroxylation is 1. The molecule has 0 amide bonds. The number of hydrogen-bond acceptors (Lipinski definition) is 1. The minimum atomic E-state index is 0.502. The van der Waals surface area contributed by atoms with Gasteiger partial charge in [-0.05, 0) is 37.3 Å². The minimum Gasteiger partial charge on any atom is -0.307 e. The van der Waals surface area contributed by atoms with Crippen molar-refractivity contribution in [3.63, 3.8) is 0 Å². The summed E-state index contributed by atoms with van der Waals surface area (Å²) >= 11 is 0. The van der Waals surface area contributed by atoms with Crippen LogP contribution in [0.5, 0.6) is 0 Å². The molecule has 0 aliphatic heterocycles. The lowest BCUT2D eigenvalue weighted by Gasteiger charge is -2.23. The summed E-state index contributed by atoms with van der Waals surface area (Å²) in [6, 6.07) is 10.2. The lowest BCUT2D eigenvalue weighted by molar-refractivity contribution is 0.413. The van der Waals surface area contributed by atoms with Crippen molar-refractivity contribution >= 4 is 0 Å². The van der Waals surface area contributed by atoms with Gasteiger partial charge in [-0.25, -0.2) is 0 Å². The van der Waals surface area contributed by atoms with Crippen molar-refractivity contribution in [2.45, 2.75) is 84.7 Å². The van der Waals surface area contributed by atoms with Crippen LogP contribution in [0.1, 0.15) is 83.4 Å². The van der Waals surface area contributed by atoms with Crippen LogP contribution >= 0.6 is 0 Å². The van der Waals surface area contributed by atoms with Crippen LogP contribution in [-0.2, 0) is 6.42 Å². The van der Waals surface area contributed by atoms with Crippen LogP contribution in [0.3, 0.4) is 0 Å². The SMILES string of the molecule is CCCCCCC(C)NC(CC)c1ccc(CC)cc1. The highest BCUT2D eigenvalue weighted by molar-refractivity contribution is 5.25. The Morgan fingerprint density at radius 1 is 0.950 bits per heavy atom. The van der Waals surface area contributed by atoms with E-state index in [-0.39, 0.29) is 0 Å². The number of rotatable bonds is 10. The molecule has 0 spiro atoms. The molecule has 0 aliphatic carbocycles. The third-order valence-electron chi connectivity index (χ3n) is 4.17. The topological polar surface area (TPSA) is 12.0 Å². The summed E-state index contributed by atoms with van der Waals surface area (Å²) in [5, 5.41) is 3.80. The summed E-state index contributed by atoms with van der Waals surface area (Å²) in [4.78, 5) is 0. The Kier molecular flexibility index (Phi) is 8.60. The van der Waals surface area contributed by atoms with Gasteiger partial charge < -0.3 is 5.32 Å². The van der Waals surface area contributed by atoms with Gasteiger partial charge in [-0.3, -0.25) is 0 Å². The van der Waals surface area contributed by atoms with Crippen molar-refractivity contribution in [1.29, 1.82) is 0 Å². The van der Waals surface area contributed by atoms with Crippen LogP contribution in [0.15, 0.2) is 24.3 Å². The normalized spacial score (nSPS) is 14.2. The fourth-order valence-electron chi connectivity index (χ4n) is 2.74. The number of benzene rings is 1. The van der Waals surface area contributed by atoms with Gasteiger partial charge in [0.2, 0.25) is 0 Å². The highest BCUT2D eigenvalue weighted by Gasteiger charge is 2.12. The van der Waals surface area contributed by atoms with Gasteiger partial charge in [0, 0.05) is 12.1 Å². The third-order valence-corrected chi connectivity index (χ3v) is 4.17. The Morgan fingerprint density at radius 3 is 2.20 bits per heavy atom. The first-order chi connectivity index (χ1) is 9.71. The van der Waals surface area contributed by atoms with Crippen molar-refractivity contribution in [3.8, 4) is 0 Å².